The van der Waals surface area contributed by atoms with E-state index in [0.29, 0.717) is 0 Å². The fourth-order valence-electron chi connectivity index (χ4n) is 1.93. The number of halogens is 1. The Kier molecular flexibility index (Phi) is 4.84. The minimum atomic E-state index is 0.121. The fraction of sp³-hybridized carbons (Fsp3) is 0.267. The van der Waals surface area contributed by atoms with Crippen molar-refractivity contribution in [1.82, 2.24) is 4.98 Å². The van der Waals surface area contributed by atoms with Crippen LogP contribution < -0.4 is 14.8 Å². The van der Waals surface area contributed by atoms with E-state index < -0.39 is 0 Å². The van der Waals surface area contributed by atoms with E-state index >= 15 is 0 Å². The molecule has 0 saturated heterocycles. The van der Waals surface area contributed by atoms with Crippen molar-refractivity contribution in [3.05, 3.63) is 46.7 Å². The quantitative estimate of drug-likeness (QED) is 0.837. The van der Waals surface area contributed by atoms with E-state index in [4.69, 9.17) is 9.47 Å². The van der Waals surface area contributed by atoms with Crippen LogP contribution in [0.2, 0.25) is 0 Å². The molecule has 2 rings (SSSR count). The van der Waals surface area contributed by atoms with Crippen molar-refractivity contribution in [3.8, 4) is 11.5 Å². The Labute approximate surface area is 127 Å². The van der Waals surface area contributed by atoms with Gasteiger partial charge in [0, 0.05) is 12.2 Å². The van der Waals surface area contributed by atoms with Crippen molar-refractivity contribution >= 4 is 21.6 Å². The van der Waals surface area contributed by atoms with Crippen molar-refractivity contribution < 1.29 is 9.47 Å². The number of anilines is 1. The van der Waals surface area contributed by atoms with Gasteiger partial charge in [-0.05, 0) is 52.7 Å². The van der Waals surface area contributed by atoms with Crippen molar-refractivity contribution in [2.45, 2.75) is 13.0 Å². The molecule has 1 aromatic heterocycles. The molecule has 1 unspecified atom stereocenters. The van der Waals surface area contributed by atoms with E-state index in [1.807, 2.05) is 30.3 Å². The van der Waals surface area contributed by atoms with Crippen LogP contribution in [-0.2, 0) is 0 Å². The van der Waals surface area contributed by atoms with Gasteiger partial charge < -0.3 is 14.8 Å². The summed E-state index contributed by atoms with van der Waals surface area (Å²) in [4.78, 5) is 4.20. The van der Waals surface area contributed by atoms with E-state index in [1.54, 1.807) is 20.4 Å². The SMILES string of the molecule is COc1ccc(C(C)Nc2cccnc2Br)cc1OC. The molecule has 1 N–H and O–H groups in total. The van der Waals surface area contributed by atoms with E-state index in [0.717, 1.165) is 27.4 Å². The first-order chi connectivity index (χ1) is 9.65. The molecule has 0 aliphatic rings. The zero-order valence-electron chi connectivity index (χ0n) is 11.7. The zero-order chi connectivity index (χ0) is 14.5. The Balaban J connectivity index is 2.21. The first-order valence-electron chi connectivity index (χ1n) is 6.24. The zero-order valence-corrected chi connectivity index (χ0v) is 13.3. The van der Waals surface area contributed by atoms with Crippen LogP contribution in [0.15, 0.2) is 41.1 Å². The lowest BCUT2D eigenvalue weighted by atomic mass is 10.1. The summed E-state index contributed by atoms with van der Waals surface area (Å²) in [6.07, 6.45) is 1.75. The summed E-state index contributed by atoms with van der Waals surface area (Å²) in [7, 11) is 3.27. The highest BCUT2D eigenvalue weighted by Crippen LogP contribution is 2.31. The van der Waals surface area contributed by atoms with Crippen LogP contribution in [0, 0.1) is 0 Å². The molecule has 20 heavy (non-hydrogen) atoms. The largest absolute Gasteiger partial charge is 0.493 e. The number of rotatable bonds is 5. The molecule has 0 amide bonds. The first kappa shape index (κ1) is 14.7. The summed E-state index contributed by atoms with van der Waals surface area (Å²) in [6.45, 7) is 2.08. The Hall–Kier alpha value is -1.75. The molecule has 0 bridgehead atoms. The number of methoxy groups -OCH3 is 2. The van der Waals surface area contributed by atoms with Gasteiger partial charge >= 0.3 is 0 Å². The average Bonchev–Trinajstić information content (AvgIpc) is 2.48. The van der Waals surface area contributed by atoms with Gasteiger partial charge in [0.15, 0.2) is 11.5 Å². The molecule has 1 atom stereocenters. The van der Waals surface area contributed by atoms with Gasteiger partial charge in [-0.15, -0.1) is 0 Å². The van der Waals surface area contributed by atoms with Crippen molar-refractivity contribution in [2.24, 2.45) is 0 Å². The lowest BCUT2D eigenvalue weighted by Crippen LogP contribution is -2.07. The maximum absolute atomic E-state index is 5.33. The number of hydrogen-bond donors (Lipinski definition) is 1. The minimum Gasteiger partial charge on any atom is -0.493 e. The van der Waals surface area contributed by atoms with Crippen LogP contribution in [0.3, 0.4) is 0 Å². The lowest BCUT2D eigenvalue weighted by Gasteiger charge is -2.18. The number of nitrogens with zero attached hydrogens (tertiary/aromatic N) is 1. The third-order valence-corrected chi connectivity index (χ3v) is 3.67. The molecule has 5 heteroatoms. The standard InChI is InChI=1S/C15H17BrN2O2/c1-10(18-12-5-4-8-17-15(12)16)11-6-7-13(19-2)14(9-11)20-3/h4-10,18H,1-3H3. The second-order valence-corrected chi connectivity index (χ2v) is 5.07. The molecule has 0 radical (unpaired) electrons. The lowest BCUT2D eigenvalue weighted by molar-refractivity contribution is 0.354. The highest BCUT2D eigenvalue weighted by Gasteiger charge is 2.11. The third kappa shape index (κ3) is 3.22. The van der Waals surface area contributed by atoms with Crippen LogP contribution in [0.25, 0.3) is 0 Å². The van der Waals surface area contributed by atoms with Gasteiger partial charge in [-0.25, -0.2) is 4.98 Å². The minimum absolute atomic E-state index is 0.121. The molecular formula is C15H17BrN2O2. The topological polar surface area (TPSA) is 43.4 Å². The molecule has 0 aliphatic carbocycles. The average molecular weight is 337 g/mol. The van der Waals surface area contributed by atoms with Crippen LogP contribution in [-0.4, -0.2) is 19.2 Å². The van der Waals surface area contributed by atoms with Crippen LogP contribution in [0.4, 0.5) is 5.69 Å². The number of aromatic nitrogens is 1. The molecular weight excluding hydrogens is 320 g/mol. The second kappa shape index (κ2) is 6.61. The molecule has 0 aliphatic heterocycles. The van der Waals surface area contributed by atoms with Gasteiger partial charge in [-0.2, -0.15) is 0 Å². The number of pyridine rings is 1. The summed E-state index contributed by atoms with van der Waals surface area (Å²) in [5.41, 5.74) is 2.06. The van der Waals surface area contributed by atoms with Crippen molar-refractivity contribution in [1.29, 1.82) is 0 Å². The second-order valence-electron chi connectivity index (χ2n) is 4.32. The van der Waals surface area contributed by atoms with Crippen LogP contribution in [0.1, 0.15) is 18.5 Å². The summed E-state index contributed by atoms with van der Waals surface area (Å²) < 4.78 is 11.4. The Bertz CT molecular complexity index is 590. The maximum Gasteiger partial charge on any atom is 0.161 e. The van der Waals surface area contributed by atoms with Gasteiger partial charge in [0.1, 0.15) is 4.60 Å². The van der Waals surface area contributed by atoms with Crippen molar-refractivity contribution in [2.75, 3.05) is 19.5 Å². The third-order valence-electron chi connectivity index (χ3n) is 3.04. The van der Waals surface area contributed by atoms with E-state index in [1.165, 1.54) is 0 Å². The number of nitrogens with one attached hydrogen (secondary N) is 1. The van der Waals surface area contributed by atoms with E-state index in [-0.39, 0.29) is 6.04 Å². The molecule has 1 heterocycles. The molecule has 0 fully saturated rings. The van der Waals surface area contributed by atoms with Crippen LogP contribution >= 0.6 is 15.9 Å². The molecule has 2 aromatic rings. The van der Waals surface area contributed by atoms with Gasteiger partial charge in [-0.1, -0.05) is 6.07 Å². The normalized spacial score (nSPS) is 11.8. The van der Waals surface area contributed by atoms with Gasteiger partial charge in [0.2, 0.25) is 0 Å². The molecule has 106 valence electrons. The summed E-state index contributed by atoms with van der Waals surface area (Å²) in [5, 5.41) is 3.41. The summed E-state index contributed by atoms with van der Waals surface area (Å²) in [6, 6.07) is 9.90. The van der Waals surface area contributed by atoms with Gasteiger partial charge in [0.25, 0.3) is 0 Å². The number of benzene rings is 1. The van der Waals surface area contributed by atoms with Gasteiger partial charge in [-0.3, -0.25) is 0 Å². The Morgan fingerprint density at radius 3 is 2.55 bits per heavy atom. The maximum atomic E-state index is 5.33. The molecule has 0 spiro atoms. The highest BCUT2D eigenvalue weighted by molar-refractivity contribution is 9.10. The smallest absolute Gasteiger partial charge is 0.161 e. The molecule has 0 saturated carbocycles. The number of ether oxygens (including phenoxy) is 2. The predicted molar refractivity (Wildman–Crippen MR) is 83.5 cm³/mol. The van der Waals surface area contributed by atoms with E-state index in [2.05, 4.69) is 33.2 Å². The Morgan fingerprint density at radius 2 is 1.90 bits per heavy atom. The monoisotopic (exact) mass is 336 g/mol. The summed E-state index contributed by atoms with van der Waals surface area (Å²) >= 11 is 3.43. The molecule has 1 aromatic carbocycles. The summed E-state index contributed by atoms with van der Waals surface area (Å²) in [5.74, 6) is 1.45. The van der Waals surface area contributed by atoms with Gasteiger partial charge in [0.05, 0.1) is 19.9 Å². The van der Waals surface area contributed by atoms with Crippen molar-refractivity contribution in [3.63, 3.8) is 0 Å². The highest BCUT2D eigenvalue weighted by atomic mass is 79.9. The first-order valence-corrected chi connectivity index (χ1v) is 7.04. The molecule has 4 nitrogen and oxygen atoms in total. The fourth-order valence-corrected chi connectivity index (χ4v) is 2.30. The number of hydrogen-bond acceptors (Lipinski definition) is 4. The van der Waals surface area contributed by atoms with E-state index in [9.17, 15) is 0 Å². The predicted octanol–water partition coefficient (Wildman–Crippen LogP) is 4.03. The Morgan fingerprint density at radius 1 is 1.15 bits per heavy atom. The van der Waals surface area contributed by atoms with Crippen LogP contribution in [0.5, 0.6) is 11.5 Å².